The molecule has 0 fully saturated rings. The molecule has 0 radical (unpaired) electrons. The lowest BCUT2D eigenvalue weighted by Gasteiger charge is -2.20. The molecule has 0 N–H and O–H groups in total. The standard InChI is InChI=1S/C73H52N4/c1-45-7-17-51(18-8-45)55-25-32-69-63(39-55)64-40-56(52-19-9-46(2)10-20-52)26-33-70(64)76(69)68-36-29-59(60-30-15-49(5)37-67(60)75-6)43-62(68)61-31-16-50(44-74)38-73(61)77-71-34-27-57(53-21-11-47(3)12-22-53)41-65(71)66-42-58(28-35-72(66)77)54-23-13-48(4)14-24-54/h7-43H,1-5H3. The Morgan fingerprint density at radius 3 is 1.05 bits per heavy atom. The molecule has 2 heterocycles. The highest BCUT2D eigenvalue weighted by Gasteiger charge is 2.24. The lowest BCUT2D eigenvalue weighted by molar-refractivity contribution is 1.16. The molecule has 0 spiro atoms. The van der Waals surface area contributed by atoms with Gasteiger partial charge < -0.3 is 9.13 Å². The van der Waals surface area contributed by atoms with Crippen LogP contribution in [0, 0.1) is 52.5 Å². The van der Waals surface area contributed by atoms with Gasteiger partial charge in [0.1, 0.15) is 0 Å². The van der Waals surface area contributed by atoms with Crippen LogP contribution < -0.4 is 0 Å². The van der Waals surface area contributed by atoms with Gasteiger partial charge in [0.2, 0.25) is 0 Å². The number of nitriles is 1. The first-order valence-corrected chi connectivity index (χ1v) is 26.2. The van der Waals surface area contributed by atoms with Gasteiger partial charge in [0.15, 0.2) is 5.69 Å². The van der Waals surface area contributed by atoms with Crippen molar-refractivity contribution in [2.75, 3.05) is 0 Å². The summed E-state index contributed by atoms with van der Waals surface area (Å²) in [6, 6.07) is 83.8. The van der Waals surface area contributed by atoms with Crippen molar-refractivity contribution in [1.29, 1.82) is 5.26 Å². The van der Waals surface area contributed by atoms with E-state index in [9.17, 15) is 5.26 Å². The summed E-state index contributed by atoms with van der Waals surface area (Å²) in [5.41, 5.74) is 26.1. The normalized spacial score (nSPS) is 11.4. The fraction of sp³-hybridized carbons (Fsp3) is 0.0685. The van der Waals surface area contributed by atoms with Gasteiger partial charge in [-0.1, -0.05) is 179 Å². The molecule has 2 aromatic heterocycles. The van der Waals surface area contributed by atoms with E-state index in [2.05, 4.69) is 260 Å². The summed E-state index contributed by atoms with van der Waals surface area (Å²) < 4.78 is 4.78. The molecule has 0 amide bonds. The molecule has 77 heavy (non-hydrogen) atoms. The summed E-state index contributed by atoms with van der Waals surface area (Å²) in [6.45, 7) is 18.9. The first-order chi connectivity index (χ1) is 37.6. The summed E-state index contributed by atoms with van der Waals surface area (Å²) >= 11 is 0. The van der Waals surface area contributed by atoms with Crippen molar-refractivity contribution >= 4 is 49.3 Å². The molecular weight excluding hydrogens is 933 g/mol. The minimum absolute atomic E-state index is 0.557. The molecule has 0 unspecified atom stereocenters. The first kappa shape index (κ1) is 46.8. The van der Waals surface area contributed by atoms with Gasteiger partial charge in [-0.25, -0.2) is 4.85 Å². The van der Waals surface area contributed by atoms with Crippen LogP contribution in [0.3, 0.4) is 0 Å². The van der Waals surface area contributed by atoms with Gasteiger partial charge >= 0.3 is 0 Å². The summed E-state index contributed by atoms with van der Waals surface area (Å²) in [5, 5.41) is 15.3. The Balaban J connectivity index is 1.11. The summed E-state index contributed by atoms with van der Waals surface area (Å²) in [6.07, 6.45) is 0. The lowest BCUT2D eigenvalue weighted by Crippen LogP contribution is -2.02. The van der Waals surface area contributed by atoms with Gasteiger partial charge in [0.05, 0.1) is 51.6 Å². The van der Waals surface area contributed by atoms with Crippen LogP contribution in [0.25, 0.3) is 127 Å². The van der Waals surface area contributed by atoms with Crippen molar-refractivity contribution in [3.63, 3.8) is 0 Å². The van der Waals surface area contributed by atoms with Crippen LogP contribution in [0.15, 0.2) is 224 Å². The summed E-state index contributed by atoms with van der Waals surface area (Å²) in [5.74, 6) is 0. The van der Waals surface area contributed by atoms with E-state index in [0.717, 1.165) is 127 Å². The molecule has 0 aliphatic carbocycles. The first-order valence-electron chi connectivity index (χ1n) is 26.2. The number of hydrogen-bond donors (Lipinski definition) is 0. The molecule has 11 aromatic carbocycles. The van der Waals surface area contributed by atoms with Crippen molar-refractivity contribution in [3.8, 4) is 84.2 Å². The molecule has 4 nitrogen and oxygen atoms in total. The lowest BCUT2D eigenvalue weighted by atomic mass is 9.94. The van der Waals surface area contributed by atoms with Crippen LogP contribution in [0.2, 0.25) is 0 Å². The van der Waals surface area contributed by atoms with Gasteiger partial charge in [-0.2, -0.15) is 5.26 Å². The van der Waals surface area contributed by atoms with Crippen molar-refractivity contribution in [1.82, 2.24) is 9.13 Å². The Hall–Kier alpha value is -10.0. The fourth-order valence-electron chi connectivity index (χ4n) is 11.4. The van der Waals surface area contributed by atoms with Gasteiger partial charge in [-0.15, -0.1) is 0 Å². The number of benzene rings is 11. The minimum atomic E-state index is 0.557. The monoisotopic (exact) mass is 984 g/mol. The van der Waals surface area contributed by atoms with Gasteiger partial charge in [-0.05, 0) is 163 Å². The summed E-state index contributed by atoms with van der Waals surface area (Å²) in [4.78, 5) is 4.06. The van der Waals surface area contributed by atoms with Crippen LogP contribution in [0.5, 0.6) is 0 Å². The third kappa shape index (κ3) is 8.25. The number of hydrogen-bond acceptors (Lipinski definition) is 1. The Morgan fingerprint density at radius 1 is 0.312 bits per heavy atom. The number of nitrogens with zero attached hydrogens (tertiary/aromatic N) is 4. The molecule has 13 rings (SSSR count). The second-order valence-electron chi connectivity index (χ2n) is 20.8. The third-order valence-electron chi connectivity index (χ3n) is 15.5. The SMILES string of the molecule is [C-]#[N+]c1cc(C)ccc1-c1ccc(-n2c3ccc(-c4ccc(C)cc4)cc3c3cc(-c4ccc(C)cc4)ccc32)c(-c2ccc(C#N)cc2-n2c3ccc(-c4ccc(C)cc4)cc3c3cc(-c4ccc(C)cc4)ccc32)c1. The number of rotatable bonds is 8. The molecule has 0 bridgehead atoms. The molecule has 0 atom stereocenters. The molecule has 13 aromatic rings. The Bertz CT molecular complexity index is 4390. The van der Waals surface area contributed by atoms with Gasteiger partial charge in [0.25, 0.3) is 0 Å². The zero-order valence-electron chi connectivity index (χ0n) is 43.7. The highest BCUT2D eigenvalue weighted by molar-refractivity contribution is 6.14. The average Bonchev–Trinajstić information content (AvgIpc) is 4.04. The van der Waals surface area contributed by atoms with E-state index in [4.69, 9.17) is 6.57 Å². The highest BCUT2D eigenvalue weighted by atomic mass is 15.0. The van der Waals surface area contributed by atoms with Gasteiger partial charge in [0, 0.05) is 32.7 Å². The number of aromatic nitrogens is 2. The molecule has 0 aliphatic heterocycles. The second-order valence-corrected chi connectivity index (χ2v) is 20.8. The van der Waals surface area contributed by atoms with E-state index in [1.54, 1.807) is 0 Å². The molecule has 364 valence electrons. The van der Waals surface area contributed by atoms with Crippen LogP contribution in [0.1, 0.15) is 33.4 Å². The van der Waals surface area contributed by atoms with E-state index in [1.165, 1.54) is 22.3 Å². The minimum Gasteiger partial charge on any atom is -0.309 e. The highest BCUT2D eigenvalue weighted by Crippen LogP contribution is 2.46. The van der Waals surface area contributed by atoms with Crippen LogP contribution in [-0.2, 0) is 0 Å². The van der Waals surface area contributed by atoms with Crippen molar-refractivity contribution in [3.05, 3.63) is 269 Å². The molecule has 0 aliphatic rings. The smallest absolute Gasteiger partial charge is 0.195 e. The largest absolute Gasteiger partial charge is 0.309 e. The Kier molecular flexibility index (Phi) is 11.4. The van der Waals surface area contributed by atoms with Crippen LogP contribution in [-0.4, -0.2) is 9.13 Å². The zero-order valence-corrected chi connectivity index (χ0v) is 43.7. The predicted octanol–water partition coefficient (Wildman–Crippen LogP) is 19.8. The summed E-state index contributed by atoms with van der Waals surface area (Å²) in [7, 11) is 0. The number of aryl methyl sites for hydroxylation is 5. The molecule has 4 heteroatoms. The fourth-order valence-corrected chi connectivity index (χ4v) is 11.4. The topological polar surface area (TPSA) is 38.0 Å². The zero-order chi connectivity index (χ0) is 52.5. The van der Waals surface area contributed by atoms with E-state index in [0.29, 0.717) is 11.3 Å². The predicted molar refractivity (Wildman–Crippen MR) is 322 cm³/mol. The van der Waals surface area contributed by atoms with Gasteiger partial charge in [-0.3, -0.25) is 0 Å². The van der Waals surface area contributed by atoms with E-state index in [-0.39, 0.29) is 0 Å². The van der Waals surface area contributed by atoms with Crippen molar-refractivity contribution in [2.24, 2.45) is 0 Å². The Morgan fingerprint density at radius 2 is 0.662 bits per heavy atom. The maximum absolute atomic E-state index is 10.8. The molecule has 0 saturated heterocycles. The average molecular weight is 985 g/mol. The van der Waals surface area contributed by atoms with E-state index in [1.807, 2.05) is 19.1 Å². The molecular formula is C73H52N4. The molecule has 0 saturated carbocycles. The van der Waals surface area contributed by atoms with E-state index >= 15 is 0 Å². The Labute approximate surface area is 449 Å². The van der Waals surface area contributed by atoms with Crippen molar-refractivity contribution in [2.45, 2.75) is 34.6 Å². The number of fused-ring (bicyclic) bond motifs is 6. The van der Waals surface area contributed by atoms with Crippen LogP contribution in [0.4, 0.5) is 5.69 Å². The maximum Gasteiger partial charge on any atom is 0.195 e. The van der Waals surface area contributed by atoms with E-state index < -0.39 is 0 Å². The van der Waals surface area contributed by atoms with Crippen LogP contribution >= 0.6 is 0 Å². The van der Waals surface area contributed by atoms with Crippen molar-refractivity contribution < 1.29 is 0 Å². The second kappa shape index (κ2) is 18.7. The maximum atomic E-state index is 10.8. The third-order valence-corrected chi connectivity index (χ3v) is 15.5. The quantitative estimate of drug-likeness (QED) is 0.140.